The van der Waals surface area contributed by atoms with E-state index < -0.39 is 17.6 Å². The van der Waals surface area contributed by atoms with Crippen molar-refractivity contribution in [1.82, 2.24) is 14.5 Å². The summed E-state index contributed by atoms with van der Waals surface area (Å²) in [5.74, 6) is -1.60. The first-order chi connectivity index (χ1) is 13.7. The van der Waals surface area contributed by atoms with Crippen LogP contribution in [0.2, 0.25) is 0 Å². The van der Waals surface area contributed by atoms with Gasteiger partial charge in [0.2, 0.25) is 0 Å². The van der Waals surface area contributed by atoms with Gasteiger partial charge in [-0.1, -0.05) is 0 Å². The molecule has 1 unspecified atom stereocenters. The fraction of sp³-hybridized carbons (Fsp3) is 0.200. The van der Waals surface area contributed by atoms with Crippen LogP contribution < -0.4 is 10.3 Å². The van der Waals surface area contributed by atoms with Crippen molar-refractivity contribution in [1.29, 1.82) is 0 Å². The fourth-order valence-corrected chi connectivity index (χ4v) is 2.98. The maximum absolute atomic E-state index is 13.9. The van der Waals surface area contributed by atoms with E-state index >= 15 is 0 Å². The van der Waals surface area contributed by atoms with E-state index in [9.17, 15) is 18.4 Å². The van der Waals surface area contributed by atoms with Crippen molar-refractivity contribution in [3.63, 3.8) is 0 Å². The number of halogens is 2. The minimum atomic E-state index is -0.836. The third-order valence-electron chi connectivity index (χ3n) is 4.40. The second-order valence-corrected chi connectivity index (χ2v) is 6.70. The number of pyridine rings is 3. The molecule has 6 nitrogen and oxygen atoms in total. The van der Waals surface area contributed by atoms with Gasteiger partial charge in [0.1, 0.15) is 29.0 Å². The number of hydrogen-bond acceptors (Lipinski definition) is 5. The molecule has 3 rings (SSSR count). The van der Waals surface area contributed by atoms with Gasteiger partial charge in [-0.15, -0.1) is 0 Å². The number of ketones is 1. The van der Waals surface area contributed by atoms with E-state index in [1.54, 1.807) is 33.8 Å². The Balaban J connectivity index is 1.97. The molecule has 0 aliphatic carbocycles. The normalized spacial score (nSPS) is 11.9. The number of carbonyl (C=O) groups is 1. The molecule has 0 saturated heterocycles. The Kier molecular flexibility index (Phi) is 5.58. The molecule has 148 valence electrons. The number of ether oxygens (including phenoxy) is 1. The maximum atomic E-state index is 13.9. The summed E-state index contributed by atoms with van der Waals surface area (Å²) in [4.78, 5) is 32.2. The lowest BCUT2D eigenvalue weighted by molar-refractivity contribution is 0.101. The zero-order valence-electron chi connectivity index (χ0n) is 16.4. The lowest BCUT2D eigenvalue weighted by Gasteiger charge is -2.18. The molecule has 3 aromatic heterocycles. The Morgan fingerprint density at radius 3 is 2.48 bits per heavy atom. The maximum Gasteiger partial charge on any atom is 0.259 e. The Bertz CT molecular complexity index is 1160. The number of Topliss-reactive ketones (excluding diaryl/α,β-unsaturated/α-hetero) is 1. The first kappa shape index (κ1) is 20.4. The molecule has 9 heteroatoms. The molecule has 0 bridgehead atoms. The van der Waals surface area contributed by atoms with Gasteiger partial charge in [-0.25, -0.2) is 8.78 Å². The van der Waals surface area contributed by atoms with Crippen molar-refractivity contribution in [2.45, 2.75) is 26.8 Å². The molecular formula is C20H18BF2N3O3. The molecule has 0 spiro atoms. The molecule has 0 aliphatic rings. The van der Waals surface area contributed by atoms with Crippen LogP contribution in [0.25, 0.3) is 5.69 Å². The lowest BCUT2D eigenvalue weighted by atomic mass is 9.95. The van der Waals surface area contributed by atoms with Crippen molar-refractivity contribution < 1.29 is 18.3 Å². The van der Waals surface area contributed by atoms with Crippen LogP contribution in [0.1, 0.15) is 40.4 Å². The third-order valence-corrected chi connectivity index (χ3v) is 4.40. The minimum absolute atomic E-state index is 0.0655. The van der Waals surface area contributed by atoms with Crippen molar-refractivity contribution in [2.75, 3.05) is 0 Å². The van der Waals surface area contributed by atoms with Crippen LogP contribution in [-0.2, 0) is 0 Å². The molecule has 29 heavy (non-hydrogen) atoms. The van der Waals surface area contributed by atoms with Crippen LogP contribution in [0.15, 0.2) is 41.5 Å². The van der Waals surface area contributed by atoms with Crippen LogP contribution in [0.4, 0.5) is 8.78 Å². The largest absolute Gasteiger partial charge is 0.493 e. The van der Waals surface area contributed by atoms with Crippen LogP contribution in [-0.4, -0.2) is 28.2 Å². The number of rotatable bonds is 5. The van der Waals surface area contributed by atoms with Gasteiger partial charge in [0.25, 0.3) is 5.56 Å². The zero-order valence-corrected chi connectivity index (χ0v) is 16.4. The Labute approximate surface area is 166 Å². The quantitative estimate of drug-likeness (QED) is 0.489. The van der Waals surface area contributed by atoms with E-state index in [4.69, 9.17) is 4.74 Å². The van der Waals surface area contributed by atoms with Crippen LogP contribution in [0, 0.1) is 25.5 Å². The summed E-state index contributed by atoms with van der Waals surface area (Å²) in [5, 5.41) is 0. The highest BCUT2D eigenvalue weighted by Gasteiger charge is 2.17. The van der Waals surface area contributed by atoms with Gasteiger partial charge in [0.15, 0.2) is 19.4 Å². The van der Waals surface area contributed by atoms with Crippen molar-refractivity contribution in [3.05, 3.63) is 81.3 Å². The molecule has 3 heterocycles. The first-order valence-electron chi connectivity index (χ1n) is 8.86. The smallest absolute Gasteiger partial charge is 0.259 e. The standard InChI is InChI=1S/C20H18BF2N3O3/c1-10-8-24-16(12(3)27)7-17(10)26-11(2)4-14(6-18(26)28)29-20(21)19-15(23)5-13(22)9-25-19/h4-9,20H,21H2,1-3H3. The summed E-state index contributed by atoms with van der Waals surface area (Å²) in [6.07, 6.45) is 2.44. The zero-order chi connectivity index (χ0) is 21.3. The fourth-order valence-electron chi connectivity index (χ4n) is 2.98. The highest BCUT2D eigenvalue weighted by Crippen LogP contribution is 2.22. The molecule has 3 aromatic rings. The topological polar surface area (TPSA) is 74.1 Å². The van der Waals surface area contributed by atoms with E-state index in [1.165, 1.54) is 23.8 Å². The molecular weight excluding hydrogens is 379 g/mol. The molecule has 0 fully saturated rings. The Morgan fingerprint density at radius 2 is 1.86 bits per heavy atom. The highest BCUT2D eigenvalue weighted by molar-refractivity contribution is 6.11. The number of aromatic nitrogens is 3. The predicted octanol–water partition coefficient (Wildman–Crippen LogP) is 2.44. The van der Waals surface area contributed by atoms with E-state index in [2.05, 4.69) is 9.97 Å². The van der Waals surface area contributed by atoms with Crippen LogP contribution in [0.3, 0.4) is 0 Å². The summed E-state index contributed by atoms with van der Waals surface area (Å²) >= 11 is 0. The molecule has 0 amide bonds. The number of aryl methyl sites for hydroxylation is 2. The Morgan fingerprint density at radius 1 is 1.14 bits per heavy atom. The minimum Gasteiger partial charge on any atom is -0.493 e. The van der Waals surface area contributed by atoms with Gasteiger partial charge < -0.3 is 4.74 Å². The van der Waals surface area contributed by atoms with Gasteiger partial charge >= 0.3 is 0 Å². The van der Waals surface area contributed by atoms with Gasteiger partial charge in [0, 0.05) is 37.0 Å². The van der Waals surface area contributed by atoms with E-state index in [1.807, 2.05) is 0 Å². The van der Waals surface area contributed by atoms with Gasteiger partial charge in [0.05, 0.1) is 11.9 Å². The second-order valence-electron chi connectivity index (χ2n) is 6.70. The molecule has 0 aliphatic heterocycles. The summed E-state index contributed by atoms with van der Waals surface area (Å²) < 4.78 is 34.1. The molecule has 0 N–H and O–H groups in total. The lowest BCUT2D eigenvalue weighted by Crippen LogP contribution is -2.22. The monoisotopic (exact) mass is 397 g/mol. The third kappa shape index (κ3) is 4.23. The van der Waals surface area contributed by atoms with E-state index in [0.29, 0.717) is 11.4 Å². The average molecular weight is 397 g/mol. The number of carbonyl (C=O) groups excluding carboxylic acids is 1. The second kappa shape index (κ2) is 7.94. The summed E-state index contributed by atoms with van der Waals surface area (Å²) in [7, 11) is 1.55. The molecule has 0 saturated carbocycles. The number of nitrogens with zero attached hydrogens (tertiary/aromatic N) is 3. The molecule has 0 radical (unpaired) electrons. The SMILES string of the molecule is BC(Oc1cc(C)n(-c2cc(C(C)=O)ncc2C)c(=O)c1)c1ncc(F)cc1F. The van der Waals surface area contributed by atoms with E-state index in [-0.39, 0.29) is 28.5 Å². The van der Waals surface area contributed by atoms with Gasteiger partial charge in [-0.3, -0.25) is 24.1 Å². The Hall–Kier alpha value is -3.36. The van der Waals surface area contributed by atoms with E-state index in [0.717, 1.165) is 17.8 Å². The van der Waals surface area contributed by atoms with Crippen molar-refractivity contribution >= 4 is 13.6 Å². The summed E-state index contributed by atoms with van der Waals surface area (Å²) in [6, 6.07) is 4.33. The molecule has 1 atom stereocenters. The summed E-state index contributed by atoms with van der Waals surface area (Å²) in [6.45, 7) is 4.90. The summed E-state index contributed by atoms with van der Waals surface area (Å²) in [5.41, 5.74) is 1.62. The van der Waals surface area contributed by atoms with Crippen molar-refractivity contribution in [2.24, 2.45) is 0 Å². The number of hydrogen-bond donors (Lipinski definition) is 0. The van der Waals surface area contributed by atoms with Crippen LogP contribution >= 0.6 is 0 Å². The van der Waals surface area contributed by atoms with Crippen molar-refractivity contribution in [3.8, 4) is 11.4 Å². The van der Waals surface area contributed by atoms with Gasteiger partial charge in [-0.05, 0) is 25.5 Å². The highest BCUT2D eigenvalue weighted by atomic mass is 19.1. The predicted molar refractivity (Wildman–Crippen MR) is 105 cm³/mol. The van der Waals surface area contributed by atoms with Crippen LogP contribution in [0.5, 0.6) is 5.75 Å². The molecule has 0 aromatic carbocycles. The first-order valence-corrected chi connectivity index (χ1v) is 8.86. The average Bonchev–Trinajstić information content (AvgIpc) is 2.62. The van der Waals surface area contributed by atoms with Gasteiger partial charge in [-0.2, -0.15) is 0 Å².